The van der Waals surface area contributed by atoms with Crippen molar-refractivity contribution in [1.29, 1.82) is 0 Å². The molecule has 1 amide bonds. The molecular formula is C11H20N2O2. The van der Waals surface area contributed by atoms with Gasteiger partial charge in [-0.3, -0.25) is 0 Å². The Labute approximate surface area is 90.8 Å². The number of fused-ring (bicyclic) bond motifs is 1. The highest BCUT2D eigenvalue weighted by Crippen LogP contribution is 2.49. The van der Waals surface area contributed by atoms with Crippen LogP contribution in [-0.2, 0) is 4.74 Å². The quantitative estimate of drug-likeness (QED) is 0.710. The predicted octanol–water partition coefficient (Wildman–Crippen LogP) is 1.20. The number of hydrogen-bond donors (Lipinski definition) is 1. The van der Waals surface area contributed by atoms with Crippen LogP contribution in [0.5, 0.6) is 0 Å². The van der Waals surface area contributed by atoms with Crippen LogP contribution in [0.4, 0.5) is 4.79 Å². The van der Waals surface area contributed by atoms with Gasteiger partial charge in [-0.2, -0.15) is 0 Å². The number of piperidine rings is 1. The predicted molar refractivity (Wildman–Crippen MR) is 57.4 cm³/mol. The summed E-state index contributed by atoms with van der Waals surface area (Å²) in [5, 5.41) is 0. The Kier molecular flexibility index (Phi) is 2.41. The number of likely N-dealkylation sites (tertiary alicyclic amines) is 1. The lowest BCUT2D eigenvalue weighted by Crippen LogP contribution is -2.45. The number of nitrogens with zero attached hydrogens (tertiary/aromatic N) is 1. The van der Waals surface area contributed by atoms with E-state index in [1.165, 1.54) is 6.42 Å². The van der Waals surface area contributed by atoms with E-state index in [0.29, 0.717) is 18.4 Å². The highest BCUT2D eigenvalue weighted by Gasteiger charge is 2.54. The fourth-order valence-electron chi connectivity index (χ4n) is 2.40. The van der Waals surface area contributed by atoms with E-state index in [4.69, 9.17) is 10.5 Å². The van der Waals surface area contributed by atoms with Gasteiger partial charge in [0.15, 0.2) is 0 Å². The smallest absolute Gasteiger partial charge is 0.410 e. The molecule has 0 radical (unpaired) electrons. The third-order valence-corrected chi connectivity index (χ3v) is 3.17. The second-order valence-corrected chi connectivity index (χ2v) is 5.60. The number of nitrogens with two attached hydrogens (primary N) is 1. The van der Waals surface area contributed by atoms with Crippen molar-refractivity contribution >= 4 is 6.09 Å². The average Bonchev–Trinajstić information content (AvgIpc) is 2.75. The van der Waals surface area contributed by atoms with Crippen molar-refractivity contribution in [3.05, 3.63) is 0 Å². The number of carbonyl (C=O) groups excluding carboxylic acids is 1. The summed E-state index contributed by atoms with van der Waals surface area (Å²) in [4.78, 5) is 13.7. The molecule has 0 spiro atoms. The van der Waals surface area contributed by atoms with Crippen LogP contribution in [0.15, 0.2) is 0 Å². The van der Waals surface area contributed by atoms with E-state index in [1.54, 1.807) is 0 Å². The van der Waals surface area contributed by atoms with E-state index >= 15 is 0 Å². The summed E-state index contributed by atoms with van der Waals surface area (Å²) < 4.78 is 5.35. The zero-order chi connectivity index (χ0) is 11.2. The molecule has 1 aliphatic heterocycles. The van der Waals surface area contributed by atoms with E-state index in [-0.39, 0.29) is 12.1 Å². The highest BCUT2D eigenvalue weighted by molar-refractivity contribution is 5.69. The first-order valence-corrected chi connectivity index (χ1v) is 5.62. The van der Waals surface area contributed by atoms with Crippen molar-refractivity contribution < 1.29 is 9.53 Å². The van der Waals surface area contributed by atoms with Gasteiger partial charge in [0, 0.05) is 13.1 Å². The summed E-state index contributed by atoms with van der Waals surface area (Å²) in [5.41, 5.74) is 5.28. The molecule has 0 aromatic rings. The first-order valence-electron chi connectivity index (χ1n) is 5.62. The molecule has 1 saturated heterocycles. The monoisotopic (exact) mass is 212 g/mol. The molecule has 2 rings (SSSR count). The van der Waals surface area contributed by atoms with Crippen LogP contribution in [-0.4, -0.2) is 35.7 Å². The van der Waals surface area contributed by atoms with Crippen LogP contribution >= 0.6 is 0 Å². The van der Waals surface area contributed by atoms with E-state index in [1.807, 2.05) is 25.7 Å². The summed E-state index contributed by atoms with van der Waals surface area (Å²) in [6.07, 6.45) is 1.03. The Morgan fingerprint density at radius 1 is 1.53 bits per heavy atom. The Hall–Kier alpha value is -0.770. The zero-order valence-corrected chi connectivity index (χ0v) is 9.69. The third-order valence-electron chi connectivity index (χ3n) is 3.17. The summed E-state index contributed by atoms with van der Waals surface area (Å²) in [7, 11) is 0. The van der Waals surface area contributed by atoms with Gasteiger partial charge in [-0.25, -0.2) is 4.79 Å². The molecule has 1 aliphatic carbocycles. The first kappa shape index (κ1) is 10.7. The molecule has 0 bridgehead atoms. The molecule has 3 atom stereocenters. The molecule has 1 heterocycles. The topological polar surface area (TPSA) is 55.6 Å². The first-order chi connectivity index (χ1) is 6.92. The number of carbonyl (C=O) groups is 1. The van der Waals surface area contributed by atoms with Crippen LogP contribution in [0, 0.1) is 11.8 Å². The lowest BCUT2D eigenvalue weighted by atomic mass is 10.2. The van der Waals surface area contributed by atoms with Gasteiger partial charge in [0.05, 0.1) is 6.04 Å². The molecule has 4 nitrogen and oxygen atoms in total. The van der Waals surface area contributed by atoms with Gasteiger partial charge < -0.3 is 15.4 Å². The molecule has 15 heavy (non-hydrogen) atoms. The van der Waals surface area contributed by atoms with Gasteiger partial charge in [0.25, 0.3) is 0 Å². The van der Waals surface area contributed by atoms with Gasteiger partial charge in [0.2, 0.25) is 0 Å². The normalized spacial score (nSPS) is 33.9. The molecule has 2 aliphatic rings. The van der Waals surface area contributed by atoms with Gasteiger partial charge in [0.1, 0.15) is 5.60 Å². The fraction of sp³-hybridized carbons (Fsp3) is 0.909. The minimum absolute atomic E-state index is 0.204. The maximum absolute atomic E-state index is 11.8. The Morgan fingerprint density at radius 2 is 2.20 bits per heavy atom. The van der Waals surface area contributed by atoms with E-state index < -0.39 is 5.60 Å². The van der Waals surface area contributed by atoms with E-state index in [9.17, 15) is 4.79 Å². The summed E-state index contributed by atoms with van der Waals surface area (Å²) >= 11 is 0. The van der Waals surface area contributed by atoms with Crippen LogP contribution in [0.1, 0.15) is 27.2 Å². The minimum Gasteiger partial charge on any atom is -0.444 e. The maximum atomic E-state index is 11.8. The molecular weight excluding hydrogens is 192 g/mol. The molecule has 0 aromatic carbocycles. The summed E-state index contributed by atoms with van der Waals surface area (Å²) in [6.45, 7) is 7.05. The SMILES string of the molecule is CC(C)(C)OC(=O)N1C[C@@H]2C[C@@H]2[C@@H]1CN. The van der Waals surface area contributed by atoms with Crippen LogP contribution in [0.2, 0.25) is 0 Å². The molecule has 4 heteroatoms. The Morgan fingerprint density at radius 3 is 2.73 bits per heavy atom. The van der Waals surface area contributed by atoms with Crippen LogP contribution < -0.4 is 5.73 Å². The lowest BCUT2D eigenvalue weighted by molar-refractivity contribution is 0.0200. The Bertz CT molecular complexity index is 272. The van der Waals surface area contributed by atoms with E-state index in [0.717, 1.165) is 6.54 Å². The molecule has 2 N–H and O–H groups in total. The van der Waals surface area contributed by atoms with Crippen LogP contribution in [0.25, 0.3) is 0 Å². The zero-order valence-electron chi connectivity index (χ0n) is 9.69. The van der Waals surface area contributed by atoms with Gasteiger partial charge >= 0.3 is 6.09 Å². The van der Waals surface area contributed by atoms with Crippen molar-refractivity contribution in [2.45, 2.75) is 38.8 Å². The highest BCUT2D eigenvalue weighted by atomic mass is 16.6. The van der Waals surface area contributed by atoms with Crippen molar-refractivity contribution in [3.8, 4) is 0 Å². The van der Waals surface area contributed by atoms with Crippen molar-refractivity contribution in [1.82, 2.24) is 4.90 Å². The van der Waals surface area contributed by atoms with Crippen molar-refractivity contribution in [2.24, 2.45) is 17.6 Å². The molecule has 2 fully saturated rings. The molecule has 86 valence electrons. The average molecular weight is 212 g/mol. The largest absolute Gasteiger partial charge is 0.444 e. The summed E-state index contributed by atoms with van der Waals surface area (Å²) in [6, 6.07) is 0.213. The molecule has 0 unspecified atom stereocenters. The number of hydrogen-bond acceptors (Lipinski definition) is 3. The van der Waals surface area contributed by atoms with Crippen molar-refractivity contribution in [2.75, 3.05) is 13.1 Å². The Balaban J connectivity index is 1.96. The third kappa shape index (κ3) is 2.09. The number of amides is 1. The van der Waals surface area contributed by atoms with Gasteiger partial charge in [-0.1, -0.05) is 0 Å². The van der Waals surface area contributed by atoms with Crippen LogP contribution in [0.3, 0.4) is 0 Å². The van der Waals surface area contributed by atoms with E-state index in [2.05, 4.69) is 0 Å². The lowest BCUT2D eigenvalue weighted by Gasteiger charge is -2.29. The fourth-order valence-corrected chi connectivity index (χ4v) is 2.40. The molecule has 0 aromatic heterocycles. The standard InChI is InChI=1S/C11H20N2O2/c1-11(2,3)15-10(14)13-6-7-4-8(7)9(13)5-12/h7-9H,4-6,12H2,1-3H3/t7-,8-,9-/m0/s1. The second kappa shape index (κ2) is 3.37. The van der Waals surface area contributed by atoms with Gasteiger partial charge in [-0.15, -0.1) is 0 Å². The number of ether oxygens (including phenoxy) is 1. The van der Waals surface area contributed by atoms with Crippen molar-refractivity contribution in [3.63, 3.8) is 0 Å². The maximum Gasteiger partial charge on any atom is 0.410 e. The molecule has 1 saturated carbocycles. The summed E-state index contributed by atoms with van der Waals surface area (Å²) in [5.74, 6) is 1.33. The van der Waals surface area contributed by atoms with Gasteiger partial charge in [-0.05, 0) is 39.0 Å². The second-order valence-electron chi connectivity index (χ2n) is 5.60. The minimum atomic E-state index is -0.414. The number of rotatable bonds is 1.